The van der Waals surface area contributed by atoms with Crippen molar-refractivity contribution in [1.29, 1.82) is 0 Å². The van der Waals surface area contributed by atoms with Gasteiger partial charge < -0.3 is 0 Å². The van der Waals surface area contributed by atoms with Crippen LogP contribution in [0.4, 0.5) is 0 Å². The van der Waals surface area contributed by atoms with E-state index in [0.717, 1.165) is 5.92 Å². The van der Waals surface area contributed by atoms with Crippen LogP contribution < -0.4 is 0 Å². The largest absolute Gasteiger partial charge is 0.0856 e. The third kappa shape index (κ3) is 2.62. The normalized spacial score (nSPS) is 26.5. The zero-order chi connectivity index (χ0) is 8.48. The third-order valence-electron chi connectivity index (χ3n) is 2.61. The summed E-state index contributed by atoms with van der Waals surface area (Å²) in [5, 5.41) is 0. The van der Waals surface area contributed by atoms with E-state index >= 15 is 0 Å². The van der Waals surface area contributed by atoms with Crippen molar-refractivity contribution in [3.05, 3.63) is 11.6 Å². The number of halogens is 1. The molecule has 0 amide bonds. The predicted molar refractivity (Wildman–Crippen MR) is 54.1 cm³/mol. The van der Waals surface area contributed by atoms with E-state index in [9.17, 15) is 0 Å². The highest BCUT2D eigenvalue weighted by molar-refractivity contribution is 9.10. The lowest BCUT2D eigenvalue weighted by atomic mass is 9.83. The monoisotopic (exact) mass is 216 g/mol. The van der Waals surface area contributed by atoms with Crippen LogP contribution in [0.5, 0.6) is 0 Å². The second-order valence-electron chi connectivity index (χ2n) is 4.09. The highest BCUT2D eigenvalue weighted by Gasteiger charge is 2.26. The molecule has 1 aliphatic carbocycles. The molecule has 0 nitrogen and oxygen atoms in total. The van der Waals surface area contributed by atoms with Gasteiger partial charge in [0.25, 0.3) is 0 Å². The van der Waals surface area contributed by atoms with Crippen molar-refractivity contribution in [2.45, 2.75) is 44.4 Å². The molecule has 1 heteroatoms. The average molecular weight is 217 g/mol. The standard InChI is InChI=1S/C10H17Br/c1-8-4-6-9(7-5-8)10(2,3)11/h4,9H,5-7H2,1-3H3/t9-/m0/s1. The lowest BCUT2D eigenvalue weighted by molar-refractivity contribution is 0.391. The van der Waals surface area contributed by atoms with Gasteiger partial charge in [-0.25, -0.2) is 0 Å². The van der Waals surface area contributed by atoms with Crippen LogP contribution in [0, 0.1) is 5.92 Å². The summed E-state index contributed by atoms with van der Waals surface area (Å²) in [5.41, 5.74) is 1.57. The van der Waals surface area contributed by atoms with Gasteiger partial charge >= 0.3 is 0 Å². The van der Waals surface area contributed by atoms with Gasteiger partial charge in [-0.05, 0) is 46.0 Å². The lowest BCUT2D eigenvalue weighted by Crippen LogP contribution is -2.25. The Morgan fingerprint density at radius 2 is 2.18 bits per heavy atom. The van der Waals surface area contributed by atoms with Crippen molar-refractivity contribution < 1.29 is 0 Å². The molecular weight excluding hydrogens is 200 g/mol. The first kappa shape index (κ1) is 9.31. The molecule has 0 saturated carbocycles. The van der Waals surface area contributed by atoms with Gasteiger partial charge in [0.1, 0.15) is 0 Å². The minimum absolute atomic E-state index is 0.324. The molecular formula is C10H17Br. The van der Waals surface area contributed by atoms with E-state index in [1.165, 1.54) is 19.3 Å². The van der Waals surface area contributed by atoms with Crippen LogP contribution >= 0.6 is 15.9 Å². The maximum atomic E-state index is 3.73. The number of hydrogen-bond acceptors (Lipinski definition) is 0. The van der Waals surface area contributed by atoms with Crippen LogP contribution in [-0.2, 0) is 0 Å². The fraction of sp³-hybridized carbons (Fsp3) is 0.800. The molecule has 1 aliphatic rings. The van der Waals surface area contributed by atoms with Crippen LogP contribution in [0.25, 0.3) is 0 Å². The molecule has 0 aromatic heterocycles. The van der Waals surface area contributed by atoms with Gasteiger partial charge in [-0.15, -0.1) is 0 Å². The molecule has 0 N–H and O–H groups in total. The summed E-state index contributed by atoms with van der Waals surface area (Å²) in [6.07, 6.45) is 6.28. The Bertz CT molecular complexity index is 162. The van der Waals surface area contributed by atoms with Crippen LogP contribution in [0.15, 0.2) is 11.6 Å². The van der Waals surface area contributed by atoms with E-state index < -0.39 is 0 Å². The van der Waals surface area contributed by atoms with E-state index in [4.69, 9.17) is 0 Å². The summed E-state index contributed by atoms with van der Waals surface area (Å²) >= 11 is 3.73. The Morgan fingerprint density at radius 3 is 2.55 bits per heavy atom. The highest BCUT2D eigenvalue weighted by atomic mass is 79.9. The van der Waals surface area contributed by atoms with Crippen molar-refractivity contribution in [1.82, 2.24) is 0 Å². The Balaban J connectivity index is 2.54. The van der Waals surface area contributed by atoms with Crippen molar-refractivity contribution >= 4 is 15.9 Å². The predicted octanol–water partition coefficient (Wildman–Crippen LogP) is 3.91. The van der Waals surface area contributed by atoms with Gasteiger partial charge in [-0.2, -0.15) is 0 Å². The highest BCUT2D eigenvalue weighted by Crippen LogP contribution is 2.36. The molecule has 1 atom stereocenters. The molecule has 0 heterocycles. The molecule has 64 valence electrons. The Morgan fingerprint density at radius 1 is 1.55 bits per heavy atom. The van der Waals surface area contributed by atoms with E-state index in [2.05, 4.69) is 42.8 Å². The second-order valence-corrected chi connectivity index (χ2v) is 6.13. The van der Waals surface area contributed by atoms with Crippen molar-refractivity contribution in [3.8, 4) is 0 Å². The SMILES string of the molecule is CC1=CC[C@H](C(C)(C)Br)CC1. The molecule has 0 fully saturated rings. The van der Waals surface area contributed by atoms with E-state index in [1.807, 2.05) is 0 Å². The molecule has 0 aliphatic heterocycles. The quantitative estimate of drug-likeness (QED) is 0.461. The number of hydrogen-bond donors (Lipinski definition) is 0. The van der Waals surface area contributed by atoms with E-state index in [-0.39, 0.29) is 0 Å². The molecule has 0 radical (unpaired) electrons. The smallest absolute Gasteiger partial charge is 0.0232 e. The number of allylic oxidation sites excluding steroid dienone is 2. The molecule has 0 aromatic carbocycles. The summed E-state index contributed by atoms with van der Waals surface area (Å²) in [5.74, 6) is 0.825. The first-order valence-electron chi connectivity index (χ1n) is 4.34. The van der Waals surface area contributed by atoms with Crippen molar-refractivity contribution in [2.75, 3.05) is 0 Å². The summed E-state index contributed by atoms with van der Waals surface area (Å²) in [6.45, 7) is 6.77. The summed E-state index contributed by atoms with van der Waals surface area (Å²) in [6, 6.07) is 0. The van der Waals surface area contributed by atoms with Gasteiger partial charge in [0, 0.05) is 4.32 Å². The van der Waals surface area contributed by atoms with Crippen LogP contribution in [0.3, 0.4) is 0 Å². The molecule has 0 saturated heterocycles. The molecule has 1 rings (SSSR count). The average Bonchev–Trinajstić information content (AvgIpc) is 1.86. The molecule has 0 spiro atoms. The van der Waals surface area contributed by atoms with E-state index in [0.29, 0.717) is 4.32 Å². The number of rotatable bonds is 1. The van der Waals surface area contributed by atoms with Crippen LogP contribution in [-0.4, -0.2) is 4.32 Å². The number of alkyl halides is 1. The molecule has 0 bridgehead atoms. The Labute approximate surface area is 78.2 Å². The van der Waals surface area contributed by atoms with Gasteiger partial charge in [0.05, 0.1) is 0 Å². The first-order valence-corrected chi connectivity index (χ1v) is 5.14. The maximum Gasteiger partial charge on any atom is 0.0232 e. The summed E-state index contributed by atoms with van der Waals surface area (Å²) in [7, 11) is 0. The van der Waals surface area contributed by atoms with E-state index in [1.54, 1.807) is 5.57 Å². The lowest BCUT2D eigenvalue weighted by Gasteiger charge is -2.30. The third-order valence-corrected chi connectivity index (χ3v) is 3.26. The van der Waals surface area contributed by atoms with Gasteiger partial charge in [-0.3, -0.25) is 0 Å². The molecule has 11 heavy (non-hydrogen) atoms. The van der Waals surface area contributed by atoms with Gasteiger partial charge in [0.15, 0.2) is 0 Å². The zero-order valence-corrected chi connectivity index (χ0v) is 9.24. The zero-order valence-electron chi connectivity index (χ0n) is 7.65. The molecule has 0 aromatic rings. The Hall–Kier alpha value is 0.220. The van der Waals surface area contributed by atoms with Crippen molar-refractivity contribution in [2.24, 2.45) is 5.92 Å². The fourth-order valence-corrected chi connectivity index (χ4v) is 2.00. The van der Waals surface area contributed by atoms with Crippen LogP contribution in [0.1, 0.15) is 40.0 Å². The maximum absolute atomic E-state index is 3.73. The second kappa shape index (κ2) is 3.30. The van der Waals surface area contributed by atoms with Gasteiger partial charge in [0.2, 0.25) is 0 Å². The topological polar surface area (TPSA) is 0 Å². The Kier molecular flexibility index (Phi) is 2.79. The fourth-order valence-electron chi connectivity index (χ4n) is 1.59. The van der Waals surface area contributed by atoms with Crippen molar-refractivity contribution in [3.63, 3.8) is 0 Å². The summed E-state index contributed by atoms with van der Waals surface area (Å²) < 4.78 is 0.324. The van der Waals surface area contributed by atoms with Crippen LogP contribution in [0.2, 0.25) is 0 Å². The minimum Gasteiger partial charge on any atom is -0.0856 e. The van der Waals surface area contributed by atoms with Gasteiger partial charge in [-0.1, -0.05) is 27.6 Å². The summed E-state index contributed by atoms with van der Waals surface area (Å²) in [4.78, 5) is 0. The molecule has 0 unspecified atom stereocenters. The minimum atomic E-state index is 0.324. The first-order chi connectivity index (χ1) is 5.00.